The van der Waals surface area contributed by atoms with Crippen LogP contribution in [0.5, 0.6) is 5.88 Å². The summed E-state index contributed by atoms with van der Waals surface area (Å²) in [5.74, 6) is 0.142. The zero-order valence-electron chi connectivity index (χ0n) is 17.1. The fourth-order valence-electron chi connectivity index (χ4n) is 3.53. The summed E-state index contributed by atoms with van der Waals surface area (Å²) in [4.78, 5) is 9.96. The van der Waals surface area contributed by atoms with E-state index in [4.69, 9.17) is 0 Å². The average Bonchev–Trinajstić information content (AvgIpc) is 2.99. The highest BCUT2D eigenvalue weighted by Gasteiger charge is 2.12. The van der Waals surface area contributed by atoms with Gasteiger partial charge in [-0.2, -0.15) is 0 Å². The molecule has 0 bridgehead atoms. The molecule has 5 nitrogen and oxygen atoms in total. The molecule has 0 aliphatic carbocycles. The van der Waals surface area contributed by atoms with Gasteiger partial charge in [-0.05, 0) is 58.0 Å². The molecule has 1 aromatic heterocycles. The van der Waals surface area contributed by atoms with Gasteiger partial charge in [0.05, 0.1) is 11.3 Å². The number of aromatic nitrogens is 1. The van der Waals surface area contributed by atoms with Crippen LogP contribution in [0.3, 0.4) is 0 Å². The Kier molecular flexibility index (Phi) is 6.37. The lowest BCUT2D eigenvalue weighted by atomic mass is 10.2. The monoisotopic (exact) mass is 378 g/mol. The van der Waals surface area contributed by atoms with Crippen LogP contribution in [-0.4, -0.2) is 46.4 Å². The van der Waals surface area contributed by atoms with Crippen LogP contribution < -0.4 is 5.32 Å². The summed E-state index contributed by atoms with van der Waals surface area (Å²) < 4.78 is 0. The molecule has 28 heavy (non-hydrogen) atoms. The van der Waals surface area contributed by atoms with Crippen LogP contribution in [0, 0.1) is 0 Å². The molecule has 0 fully saturated rings. The SMILES string of the molecule is CC(C)N(CCNc1ccc(N=Cc2c(O)[nH]c3ccccc23)cc1)C(C)C. The van der Waals surface area contributed by atoms with Gasteiger partial charge in [0.15, 0.2) is 5.88 Å². The number of rotatable bonds is 8. The third-order valence-electron chi connectivity index (χ3n) is 4.96. The van der Waals surface area contributed by atoms with Crippen LogP contribution in [0.1, 0.15) is 33.3 Å². The number of hydrogen-bond acceptors (Lipinski definition) is 4. The van der Waals surface area contributed by atoms with Crippen molar-refractivity contribution in [1.29, 1.82) is 0 Å². The lowest BCUT2D eigenvalue weighted by Crippen LogP contribution is -2.40. The number of aromatic hydroxyl groups is 1. The minimum Gasteiger partial charge on any atom is -0.494 e. The van der Waals surface area contributed by atoms with E-state index in [0.717, 1.165) is 35.4 Å². The maximum atomic E-state index is 10.1. The van der Waals surface area contributed by atoms with Gasteiger partial charge in [-0.3, -0.25) is 9.89 Å². The first-order chi connectivity index (χ1) is 13.5. The van der Waals surface area contributed by atoms with E-state index >= 15 is 0 Å². The largest absolute Gasteiger partial charge is 0.494 e. The van der Waals surface area contributed by atoms with E-state index in [-0.39, 0.29) is 5.88 Å². The predicted octanol–water partition coefficient (Wildman–Crippen LogP) is 5.15. The van der Waals surface area contributed by atoms with Crippen molar-refractivity contribution in [2.45, 2.75) is 39.8 Å². The van der Waals surface area contributed by atoms with Gasteiger partial charge in [-0.15, -0.1) is 0 Å². The maximum absolute atomic E-state index is 10.1. The molecule has 148 valence electrons. The van der Waals surface area contributed by atoms with E-state index < -0.39 is 0 Å². The van der Waals surface area contributed by atoms with E-state index in [1.54, 1.807) is 6.21 Å². The Labute approximate surface area is 167 Å². The van der Waals surface area contributed by atoms with E-state index in [1.165, 1.54) is 0 Å². The van der Waals surface area contributed by atoms with Gasteiger partial charge in [-0.1, -0.05) is 18.2 Å². The summed E-state index contributed by atoms with van der Waals surface area (Å²) in [7, 11) is 0. The number of benzene rings is 2. The Morgan fingerprint density at radius 2 is 1.71 bits per heavy atom. The van der Waals surface area contributed by atoms with E-state index in [1.807, 2.05) is 48.5 Å². The number of hydrogen-bond donors (Lipinski definition) is 3. The normalized spacial score (nSPS) is 12.1. The first-order valence-corrected chi connectivity index (χ1v) is 9.89. The maximum Gasteiger partial charge on any atom is 0.198 e. The van der Waals surface area contributed by atoms with Gasteiger partial charge >= 0.3 is 0 Å². The number of nitrogens with zero attached hydrogens (tertiary/aromatic N) is 2. The predicted molar refractivity (Wildman–Crippen MR) is 119 cm³/mol. The number of anilines is 1. The number of para-hydroxylation sites is 1. The summed E-state index contributed by atoms with van der Waals surface area (Å²) in [5, 5.41) is 14.6. The zero-order chi connectivity index (χ0) is 20.1. The molecule has 0 saturated heterocycles. The standard InChI is InChI=1S/C23H30N4O/c1-16(2)27(17(3)4)14-13-24-18-9-11-19(12-10-18)25-15-21-20-7-5-6-8-22(20)26-23(21)28/h5-12,15-17,24,26,28H,13-14H2,1-4H3. The third kappa shape index (κ3) is 4.73. The summed E-state index contributed by atoms with van der Waals surface area (Å²) in [6.07, 6.45) is 1.71. The minimum atomic E-state index is 0.142. The minimum absolute atomic E-state index is 0.142. The summed E-state index contributed by atoms with van der Waals surface area (Å²) in [6, 6.07) is 16.9. The second-order valence-corrected chi connectivity index (χ2v) is 7.59. The van der Waals surface area contributed by atoms with Crippen molar-refractivity contribution in [3.05, 3.63) is 54.1 Å². The van der Waals surface area contributed by atoms with Crippen LogP contribution in [-0.2, 0) is 0 Å². The molecule has 0 saturated carbocycles. The molecule has 3 aromatic rings. The molecule has 2 aromatic carbocycles. The van der Waals surface area contributed by atoms with Crippen molar-refractivity contribution in [2.24, 2.45) is 4.99 Å². The molecule has 0 unspecified atom stereocenters. The first kappa shape index (κ1) is 20.0. The fraction of sp³-hybridized carbons (Fsp3) is 0.348. The van der Waals surface area contributed by atoms with Gasteiger partial charge in [0.25, 0.3) is 0 Å². The number of aliphatic imine (C=N–C) groups is 1. The Bertz CT molecular complexity index is 917. The quantitative estimate of drug-likeness (QED) is 0.475. The van der Waals surface area contributed by atoms with E-state index in [2.05, 4.69) is 47.9 Å². The molecule has 0 aliphatic heterocycles. The number of aromatic amines is 1. The molecule has 1 heterocycles. The van der Waals surface area contributed by atoms with E-state index in [0.29, 0.717) is 17.6 Å². The van der Waals surface area contributed by atoms with Gasteiger partial charge in [0, 0.05) is 48.0 Å². The Hall–Kier alpha value is -2.79. The number of fused-ring (bicyclic) bond motifs is 1. The molecular weight excluding hydrogens is 348 g/mol. The molecule has 0 spiro atoms. The van der Waals surface area contributed by atoms with Crippen molar-refractivity contribution in [2.75, 3.05) is 18.4 Å². The molecule has 3 N–H and O–H groups in total. The molecule has 0 aliphatic rings. The molecule has 3 rings (SSSR count). The van der Waals surface area contributed by atoms with Crippen LogP contribution in [0.4, 0.5) is 11.4 Å². The summed E-state index contributed by atoms with van der Waals surface area (Å²) >= 11 is 0. The molecular formula is C23H30N4O. The smallest absolute Gasteiger partial charge is 0.198 e. The lowest BCUT2D eigenvalue weighted by Gasteiger charge is -2.30. The second kappa shape index (κ2) is 8.93. The Morgan fingerprint density at radius 3 is 2.39 bits per heavy atom. The topological polar surface area (TPSA) is 63.6 Å². The average molecular weight is 379 g/mol. The molecule has 0 radical (unpaired) electrons. The first-order valence-electron chi connectivity index (χ1n) is 9.89. The second-order valence-electron chi connectivity index (χ2n) is 7.59. The Balaban J connectivity index is 1.61. The molecule has 5 heteroatoms. The zero-order valence-corrected chi connectivity index (χ0v) is 17.1. The molecule has 0 amide bonds. The highest BCUT2D eigenvalue weighted by molar-refractivity contribution is 6.02. The van der Waals surface area contributed by atoms with Crippen molar-refractivity contribution in [3.8, 4) is 5.88 Å². The summed E-state index contributed by atoms with van der Waals surface area (Å²) in [5.41, 5.74) is 3.54. The van der Waals surface area contributed by atoms with Crippen molar-refractivity contribution < 1.29 is 5.11 Å². The van der Waals surface area contributed by atoms with Gasteiger partial charge in [-0.25, -0.2) is 0 Å². The van der Waals surface area contributed by atoms with E-state index in [9.17, 15) is 5.11 Å². The van der Waals surface area contributed by atoms with Gasteiger partial charge in [0.1, 0.15) is 0 Å². The van der Waals surface area contributed by atoms with Crippen LogP contribution in [0.2, 0.25) is 0 Å². The highest BCUT2D eigenvalue weighted by Crippen LogP contribution is 2.26. The summed E-state index contributed by atoms with van der Waals surface area (Å²) in [6.45, 7) is 10.9. The third-order valence-corrected chi connectivity index (χ3v) is 4.96. The number of H-pyrrole nitrogens is 1. The van der Waals surface area contributed by atoms with Crippen LogP contribution in [0.25, 0.3) is 10.9 Å². The number of nitrogens with one attached hydrogen (secondary N) is 2. The fourth-order valence-corrected chi connectivity index (χ4v) is 3.53. The van der Waals surface area contributed by atoms with Gasteiger partial charge < -0.3 is 15.4 Å². The van der Waals surface area contributed by atoms with Gasteiger partial charge in [0.2, 0.25) is 0 Å². The highest BCUT2D eigenvalue weighted by atomic mass is 16.3. The lowest BCUT2D eigenvalue weighted by molar-refractivity contribution is 0.182. The van der Waals surface area contributed by atoms with Crippen LogP contribution >= 0.6 is 0 Å². The van der Waals surface area contributed by atoms with Crippen molar-refractivity contribution in [1.82, 2.24) is 9.88 Å². The Morgan fingerprint density at radius 1 is 1.04 bits per heavy atom. The molecule has 0 atom stereocenters. The van der Waals surface area contributed by atoms with Crippen molar-refractivity contribution >= 4 is 28.5 Å². The van der Waals surface area contributed by atoms with Crippen LogP contribution in [0.15, 0.2) is 53.5 Å². The van der Waals surface area contributed by atoms with Crippen molar-refractivity contribution in [3.63, 3.8) is 0 Å².